The van der Waals surface area contributed by atoms with E-state index in [4.69, 9.17) is 37.9 Å². The van der Waals surface area contributed by atoms with Crippen molar-refractivity contribution in [2.45, 2.75) is 68.8 Å². The molecule has 4 aromatic carbocycles. The molecule has 0 aliphatic carbocycles. The van der Waals surface area contributed by atoms with Crippen molar-refractivity contribution in [1.82, 2.24) is 9.97 Å². The Balaban J connectivity index is 0.000000247. The quantitative estimate of drug-likeness (QED) is 0.0935. The van der Waals surface area contributed by atoms with Crippen molar-refractivity contribution in [2.75, 3.05) is 14.2 Å². The number of benzene rings is 4. The second kappa shape index (κ2) is 21.2. The number of pyridine rings is 2. The maximum atomic E-state index is 12.7. The largest absolute Gasteiger partial charge is 1.00 e. The van der Waals surface area contributed by atoms with Crippen molar-refractivity contribution >= 4 is 24.1 Å². The first kappa shape index (κ1) is 52.2. The van der Waals surface area contributed by atoms with Crippen molar-refractivity contribution in [3.63, 3.8) is 0 Å². The molecule has 69 heavy (non-hydrogen) atoms. The van der Waals surface area contributed by atoms with Gasteiger partial charge >= 0.3 is 29.6 Å². The molecule has 355 valence electrons. The second-order valence-corrected chi connectivity index (χ2v) is 15.9. The first-order valence-electron chi connectivity index (χ1n) is 20.7. The van der Waals surface area contributed by atoms with Crippen LogP contribution in [0.5, 0.6) is 69.0 Å². The summed E-state index contributed by atoms with van der Waals surface area (Å²) in [5, 5.41) is 71.6. The van der Waals surface area contributed by atoms with Crippen LogP contribution in [-0.4, -0.2) is 98.5 Å². The number of phenolic OH excluding ortho intramolecular Hbond substituents is 4. The fraction of sp³-hybridized carbons (Fsp3) is 0.271. The number of Topliss-reactive ketones (excluding diaryl/α,β-unsaturated/α-hetero) is 1. The van der Waals surface area contributed by atoms with Crippen LogP contribution in [0.1, 0.15) is 84.2 Å². The SMILES string of the molecule is COc1ccc(C2Oc3cc(C4Oc5cc(O)cc(O)c5C(=O)C4O)ccc3OC2C)nc1.COc1ccc(C2Oc3cc(C4Oc5cc(O)cc(O)c5C(O)C4O)ccc3OC2C)nc1.P.[B].[H-].[Na+]. The van der Waals surface area contributed by atoms with Crippen LogP contribution in [0.15, 0.2) is 97.3 Å². The number of rotatable bonds is 6. The monoisotopic (exact) mass is 973 g/mol. The van der Waals surface area contributed by atoms with E-state index in [1.807, 2.05) is 13.8 Å². The summed E-state index contributed by atoms with van der Waals surface area (Å²) in [4.78, 5) is 21.5. The number of nitrogens with zero attached hydrogens (tertiary/aromatic N) is 2. The van der Waals surface area contributed by atoms with Crippen molar-refractivity contribution in [3.8, 4) is 69.0 Å². The maximum absolute atomic E-state index is 12.7. The minimum atomic E-state index is -1.56. The Morgan fingerprint density at radius 3 is 1.49 bits per heavy atom. The Labute approximate surface area is 424 Å². The van der Waals surface area contributed by atoms with Crippen molar-refractivity contribution < 1.29 is 109 Å². The van der Waals surface area contributed by atoms with E-state index in [0.29, 0.717) is 57.0 Å². The second-order valence-electron chi connectivity index (χ2n) is 15.9. The Morgan fingerprint density at radius 1 is 0.536 bits per heavy atom. The number of phenols is 4. The summed E-state index contributed by atoms with van der Waals surface area (Å²) in [6.07, 6.45) is -4.78. The number of hydrogen-bond donors (Lipinski definition) is 7. The molecule has 0 saturated carbocycles. The molecule has 10 atom stereocenters. The molecular formula is C48H48BN2NaO16P. The van der Waals surface area contributed by atoms with Crippen molar-refractivity contribution in [1.29, 1.82) is 0 Å². The number of fused-ring (bicyclic) bond motifs is 4. The minimum Gasteiger partial charge on any atom is -1.00 e. The molecule has 2 aromatic heterocycles. The van der Waals surface area contributed by atoms with E-state index in [-0.39, 0.29) is 101 Å². The zero-order valence-corrected chi connectivity index (χ0v) is 41.3. The number of aromatic nitrogens is 2. The van der Waals surface area contributed by atoms with Gasteiger partial charge in [0.05, 0.1) is 43.6 Å². The van der Waals surface area contributed by atoms with Gasteiger partial charge in [0.15, 0.2) is 53.5 Å². The predicted molar refractivity (Wildman–Crippen MR) is 247 cm³/mol. The van der Waals surface area contributed by atoms with Crippen LogP contribution >= 0.6 is 9.90 Å². The molecule has 18 nitrogen and oxygen atoms in total. The Hall–Kier alpha value is -6.18. The molecule has 3 radical (unpaired) electrons. The fourth-order valence-corrected chi connectivity index (χ4v) is 8.20. The Bertz CT molecular complexity index is 2820. The van der Waals surface area contributed by atoms with Gasteiger partial charge in [-0.25, -0.2) is 0 Å². The zero-order chi connectivity index (χ0) is 46.6. The van der Waals surface area contributed by atoms with E-state index in [2.05, 4.69) is 9.97 Å². The molecule has 21 heteroatoms. The molecule has 10 unspecified atom stereocenters. The molecule has 0 amide bonds. The normalized spacial score (nSPS) is 23.5. The van der Waals surface area contributed by atoms with Crippen LogP contribution in [0.25, 0.3) is 0 Å². The molecule has 7 N–H and O–H groups in total. The van der Waals surface area contributed by atoms with Crippen LogP contribution in [-0.2, 0) is 0 Å². The van der Waals surface area contributed by atoms with Gasteiger partial charge < -0.3 is 75.1 Å². The first-order valence-corrected chi connectivity index (χ1v) is 20.7. The van der Waals surface area contributed by atoms with Crippen molar-refractivity contribution in [3.05, 3.63) is 131 Å². The maximum Gasteiger partial charge on any atom is 1.00 e. The van der Waals surface area contributed by atoms with Gasteiger partial charge in [0.1, 0.15) is 76.0 Å². The summed E-state index contributed by atoms with van der Waals surface area (Å²) >= 11 is 0. The number of aliphatic hydroxyl groups is 3. The van der Waals surface area contributed by atoms with Gasteiger partial charge in [-0.05, 0) is 73.5 Å². The molecule has 6 aromatic rings. The molecule has 4 aliphatic heterocycles. The third-order valence-electron chi connectivity index (χ3n) is 11.6. The summed E-state index contributed by atoms with van der Waals surface area (Å²) < 4.78 is 46.4. The van der Waals surface area contributed by atoms with E-state index < -0.39 is 54.3 Å². The van der Waals surface area contributed by atoms with E-state index >= 15 is 0 Å². The van der Waals surface area contributed by atoms with E-state index in [0.717, 1.165) is 12.1 Å². The zero-order valence-electron chi connectivity index (χ0n) is 38.9. The summed E-state index contributed by atoms with van der Waals surface area (Å²) in [6.45, 7) is 3.75. The van der Waals surface area contributed by atoms with Gasteiger partial charge in [-0.15, -0.1) is 0 Å². The average Bonchev–Trinajstić information content (AvgIpc) is 3.30. The van der Waals surface area contributed by atoms with Gasteiger partial charge in [-0.1, -0.05) is 12.1 Å². The van der Waals surface area contributed by atoms with Gasteiger partial charge in [0, 0.05) is 32.7 Å². The smallest absolute Gasteiger partial charge is 1.00 e. The number of carbonyl (C=O) groups excluding carboxylic acids is 1. The van der Waals surface area contributed by atoms with Crippen LogP contribution in [0.3, 0.4) is 0 Å². The number of hydrogen-bond acceptors (Lipinski definition) is 18. The summed E-state index contributed by atoms with van der Waals surface area (Å²) in [5.74, 6) is 1.17. The Morgan fingerprint density at radius 2 is 1.00 bits per heavy atom. The van der Waals surface area contributed by atoms with Crippen LogP contribution in [0, 0.1) is 0 Å². The number of ketones is 1. The van der Waals surface area contributed by atoms with Gasteiger partial charge in [-0.3, -0.25) is 14.8 Å². The minimum absolute atomic E-state index is 0. The molecule has 0 saturated heterocycles. The number of ether oxygens (including phenoxy) is 8. The van der Waals surface area contributed by atoms with Gasteiger partial charge in [0.2, 0.25) is 5.78 Å². The first-order chi connectivity index (χ1) is 31.7. The molecule has 0 spiro atoms. The predicted octanol–water partition coefficient (Wildman–Crippen LogP) is 2.80. The number of aliphatic hydroxyl groups excluding tert-OH is 3. The van der Waals surface area contributed by atoms with Crippen LogP contribution < -0.4 is 67.5 Å². The van der Waals surface area contributed by atoms with E-state index in [9.17, 15) is 40.5 Å². The number of aromatic hydroxyl groups is 4. The number of carbonyl (C=O) groups is 1. The molecule has 0 bridgehead atoms. The van der Waals surface area contributed by atoms with Crippen LogP contribution in [0.4, 0.5) is 0 Å². The third-order valence-corrected chi connectivity index (χ3v) is 11.6. The molecule has 4 aliphatic rings. The summed E-state index contributed by atoms with van der Waals surface area (Å²) in [5.41, 5.74) is 2.16. The molecular weight excluding hydrogens is 925 g/mol. The standard InChI is InChI=1S/C24H23NO8.C24H21NO8.B.Na.H3P.H/c2*1-11-23(15-5-4-14(30-2)10-25-15)32-18-7-12(3-6-17(18)31-11)24-22(29)21(28)20-16(27)8-13(26)9-19(20)33-24;;;;/h3-11,21-24,26-29H,1-2H3;3-11,22-24,26-27,29H,1-2H3;;;1H3;/q;;;+1;;-1. The van der Waals surface area contributed by atoms with Crippen LogP contribution in [0.2, 0.25) is 0 Å². The molecule has 0 fully saturated rings. The topological polar surface area (TPSA) is 258 Å². The fourth-order valence-electron chi connectivity index (χ4n) is 8.20. The average molecular weight is 974 g/mol. The third kappa shape index (κ3) is 10.1. The van der Waals surface area contributed by atoms with E-state index in [1.165, 1.54) is 12.1 Å². The van der Waals surface area contributed by atoms with Crippen molar-refractivity contribution in [2.24, 2.45) is 0 Å². The molecule has 10 rings (SSSR count). The summed E-state index contributed by atoms with van der Waals surface area (Å²) in [7, 11) is 3.13. The summed E-state index contributed by atoms with van der Waals surface area (Å²) in [6, 6.07) is 21.8. The van der Waals surface area contributed by atoms with Gasteiger partial charge in [0.25, 0.3) is 0 Å². The number of methoxy groups -OCH3 is 2. The van der Waals surface area contributed by atoms with Gasteiger partial charge in [-0.2, -0.15) is 9.90 Å². The van der Waals surface area contributed by atoms with E-state index in [1.54, 1.807) is 87.3 Å². The Kier molecular flexibility index (Phi) is 16.1. The molecule has 6 heterocycles.